The molecule has 10 heteroatoms. The lowest BCUT2D eigenvalue weighted by Gasteiger charge is -2.44. The van der Waals surface area contributed by atoms with Gasteiger partial charge in [0.1, 0.15) is 12.1 Å². The van der Waals surface area contributed by atoms with E-state index in [4.69, 9.17) is 0 Å². The van der Waals surface area contributed by atoms with Crippen molar-refractivity contribution in [2.24, 2.45) is 47.3 Å². The van der Waals surface area contributed by atoms with E-state index in [2.05, 4.69) is 0 Å². The van der Waals surface area contributed by atoms with Gasteiger partial charge >= 0.3 is 11.9 Å². The fraction of sp³-hybridized carbons (Fsp3) is 0.667. The van der Waals surface area contributed by atoms with Crippen LogP contribution in [-0.2, 0) is 28.8 Å². The van der Waals surface area contributed by atoms with Crippen LogP contribution >= 0.6 is 0 Å². The van der Waals surface area contributed by atoms with Crippen molar-refractivity contribution >= 4 is 35.6 Å². The number of aliphatic carboxylic acids is 2. The van der Waals surface area contributed by atoms with Crippen molar-refractivity contribution in [3.8, 4) is 0 Å². The first-order valence-corrected chi connectivity index (χ1v) is 11.8. The molecule has 34 heavy (non-hydrogen) atoms. The third-order valence-corrected chi connectivity index (χ3v) is 7.66. The van der Waals surface area contributed by atoms with E-state index < -0.39 is 83.2 Å². The van der Waals surface area contributed by atoms with Crippen LogP contribution in [0.5, 0.6) is 0 Å². The van der Waals surface area contributed by atoms with Crippen LogP contribution in [0.1, 0.15) is 40.5 Å². The molecule has 3 fully saturated rings. The average Bonchev–Trinajstić information content (AvgIpc) is 3.17. The molecule has 2 aliphatic heterocycles. The first-order valence-electron chi connectivity index (χ1n) is 11.8. The van der Waals surface area contributed by atoms with Gasteiger partial charge < -0.3 is 10.2 Å². The van der Waals surface area contributed by atoms with Gasteiger partial charge in [0.15, 0.2) is 0 Å². The minimum Gasteiger partial charge on any atom is -0.480 e. The highest BCUT2D eigenvalue weighted by Gasteiger charge is 2.70. The summed E-state index contributed by atoms with van der Waals surface area (Å²) >= 11 is 0. The van der Waals surface area contributed by atoms with Crippen LogP contribution < -0.4 is 0 Å². The van der Waals surface area contributed by atoms with E-state index in [1.807, 2.05) is 0 Å². The van der Waals surface area contributed by atoms with Gasteiger partial charge in [-0.1, -0.05) is 39.8 Å². The summed E-state index contributed by atoms with van der Waals surface area (Å²) < 4.78 is 0. The smallest absolute Gasteiger partial charge is 0.326 e. The number of carboxylic acids is 2. The molecule has 184 valence electrons. The Labute approximate surface area is 196 Å². The number of rotatable bonds is 8. The van der Waals surface area contributed by atoms with Crippen LogP contribution in [-0.4, -0.2) is 67.7 Å². The summed E-state index contributed by atoms with van der Waals surface area (Å²) in [5.74, 6) is -10.4. The summed E-state index contributed by atoms with van der Waals surface area (Å²) in [5.41, 5.74) is 0. The van der Waals surface area contributed by atoms with Crippen LogP contribution in [0, 0.1) is 47.3 Å². The zero-order chi connectivity index (χ0) is 25.2. The highest BCUT2D eigenvalue weighted by Crippen LogP contribution is 2.58. The lowest BCUT2D eigenvalue weighted by molar-refractivity contribution is -0.156. The molecule has 2 bridgehead atoms. The topological polar surface area (TPSA) is 149 Å². The largest absolute Gasteiger partial charge is 0.480 e. The first kappa shape index (κ1) is 24.1. The molecule has 10 nitrogen and oxygen atoms in total. The van der Waals surface area contributed by atoms with Crippen LogP contribution in [0.25, 0.3) is 0 Å². The van der Waals surface area contributed by atoms with Gasteiger partial charge in [0.25, 0.3) is 0 Å². The summed E-state index contributed by atoms with van der Waals surface area (Å²) in [6, 6.07) is -2.62. The number of carbonyl (C=O) groups excluding carboxylic acids is 4. The quantitative estimate of drug-likeness (QED) is 0.391. The van der Waals surface area contributed by atoms with E-state index >= 15 is 0 Å². The van der Waals surface area contributed by atoms with E-state index in [0.29, 0.717) is 0 Å². The number of hydrogen-bond donors (Lipinski definition) is 2. The van der Waals surface area contributed by atoms with Gasteiger partial charge in [-0.25, -0.2) is 9.59 Å². The van der Waals surface area contributed by atoms with Gasteiger partial charge in [-0.3, -0.25) is 29.0 Å². The summed E-state index contributed by atoms with van der Waals surface area (Å²) in [7, 11) is 0. The highest BCUT2D eigenvalue weighted by molar-refractivity contribution is 6.13. The van der Waals surface area contributed by atoms with Gasteiger partial charge in [0.2, 0.25) is 23.6 Å². The SMILES string of the molecule is CC(C)C[C@@H](C(=O)O)N1C(=O)[C@@H]2C3C=CC([C@@H]2C1=O)[C@@H]1C(=O)N([C@@H](CC(C)C)C(=O)O)C(=O)[C@@H]31. The van der Waals surface area contributed by atoms with Crippen LogP contribution in [0.3, 0.4) is 0 Å². The zero-order valence-corrected chi connectivity index (χ0v) is 19.6. The molecule has 4 amide bonds. The van der Waals surface area contributed by atoms with E-state index in [9.17, 15) is 39.0 Å². The minimum absolute atomic E-state index is 0.0795. The van der Waals surface area contributed by atoms with Gasteiger partial charge in [-0.15, -0.1) is 0 Å². The zero-order valence-electron chi connectivity index (χ0n) is 19.6. The number of amides is 4. The summed E-state index contributed by atoms with van der Waals surface area (Å²) in [6.45, 7) is 7.19. The average molecular weight is 475 g/mol. The molecule has 0 aromatic rings. The molecule has 2 N–H and O–H groups in total. The van der Waals surface area contributed by atoms with Crippen molar-refractivity contribution in [1.29, 1.82) is 0 Å². The van der Waals surface area contributed by atoms with Crippen molar-refractivity contribution in [3.05, 3.63) is 12.2 Å². The van der Waals surface area contributed by atoms with Gasteiger partial charge in [-0.05, 0) is 24.7 Å². The predicted octanol–water partition coefficient (Wildman–Crippen LogP) is 1.00. The maximum atomic E-state index is 13.4. The Morgan fingerprint density at radius 2 is 0.941 bits per heavy atom. The van der Waals surface area contributed by atoms with Crippen molar-refractivity contribution in [3.63, 3.8) is 0 Å². The normalized spacial score (nSPS) is 33.7. The Hall–Kier alpha value is -3.04. The molecule has 1 saturated carbocycles. The summed E-state index contributed by atoms with van der Waals surface area (Å²) in [5, 5.41) is 19.5. The molecule has 2 saturated heterocycles. The maximum Gasteiger partial charge on any atom is 0.326 e. The molecule has 0 aromatic carbocycles. The van der Waals surface area contributed by atoms with Crippen molar-refractivity contribution in [1.82, 2.24) is 9.80 Å². The standard InChI is InChI=1S/C24H30N2O8/c1-9(2)7-13(23(31)32)25-19(27)15-11-5-6-12(16(15)20(25)28)18-17(11)21(29)26(22(18)30)14(24(33)34)8-10(3)4/h5-6,9-18H,7-8H2,1-4H3,(H,31,32)(H,33,34)/t11?,12?,13-,14-,15-,16-,17-,18+/m0/s1. The van der Waals surface area contributed by atoms with Crippen LogP contribution in [0.2, 0.25) is 0 Å². The van der Waals surface area contributed by atoms with Gasteiger partial charge in [0.05, 0.1) is 23.7 Å². The number of hydrogen-bond acceptors (Lipinski definition) is 6. The Morgan fingerprint density at radius 3 is 1.15 bits per heavy atom. The number of carbonyl (C=O) groups is 6. The number of carboxylic acid groups (broad SMARTS) is 2. The third-order valence-electron chi connectivity index (χ3n) is 7.66. The Kier molecular flexibility index (Phi) is 5.90. The molecular weight excluding hydrogens is 444 g/mol. The minimum atomic E-state index is -1.31. The molecule has 5 rings (SSSR count). The van der Waals surface area contributed by atoms with E-state index in [1.165, 1.54) is 0 Å². The van der Waals surface area contributed by atoms with Crippen LogP contribution in [0.4, 0.5) is 0 Å². The second-order valence-corrected chi connectivity index (χ2v) is 10.7. The first-order chi connectivity index (χ1) is 15.9. The molecule has 3 aliphatic carbocycles. The van der Waals surface area contributed by atoms with Crippen LogP contribution in [0.15, 0.2) is 12.2 Å². The lowest BCUT2D eigenvalue weighted by atomic mass is 9.54. The second kappa shape index (κ2) is 8.32. The summed E-state index contributed by atoms with van der Waals surface area (Å²) in [4.78, 5) is 79.2. The number of imide groups is 2. The number of likely N-dealkylation sites (tertiary alicyclic amines) is 2. The van der Waals surface area contributed by atoms with E-state index in [0.717, 1.165) is 9.80 Å². The monoisotopic (exact) mass is 474 g/mol. The van der Waals surface area contributed by atoms with Crippen molar-refractivity contribution in [2.75, 3.05) is 0 Å². The second-order valence-electron chi connectivity index (χ2n) is 10.7. The van der Waals surface area contributed by atoms with Crippen molar-refractivity contribution in [2.45, 2.75) is 52.6 Å². The molecule has 0 radical (unpaired) electrons. The lowest BCUT2D eigenvalue weighted by Crippen LogP contribution is -2.50. The number of allylic oxidation sites excluding steroid dienone is 2. The fourth-order valence-corrected chi connectivity index (χ4v) is 6.41. The Morgan fingerprint density at radius 1 is 0.676 bits per heavy atom. The molecule has 5 aliphatic rings. The molecule has 0 aromatic heterocycles. The maximum absolute atomic E-state index is 13.4. The van der Waals surface area contributed by atoms with Crippen molar-refractivity contribution < 1.29 is 39.0 Å². The van der Waals surface area contributed by atoms with E-state index in [-0.39, 0.29) is 24.7 Å². The predicted molar refractivity (Wildman–Crippen MR) is 116 cm³/mol. The van der Waals surface area contributed by atoms with E-state index in [1.54, 1.807) is 39.8 Å². The summed E-state index contributed by atoms with van der Waals surface area (Å²) in [6.07, 6.45) is 3.55. The third kappa shape index (κ3) is 3.37. The number of nitrogens with zero attached hydrogens (tertiary/aromatic N) is 2. The molecule has 2 unspecified atom stereocenters. The molecule has 8 atom stereocenters. The fourth-order valence-electron chi connectivity index (χ4n) is 6.41. The van der Waals surface area contributed by atoms with Gasteiger partial charge in [-0.2, -0.15) is 0 Å². The van der Waals surface area contributed by atoms with Gasteiger partial charge in [0, 0.05) is 11.8 Å². The Bertz CT molecular complexity index is 879. The highest BCUT2D eigenvalue weighted by atomic mass is 16.4. The Balaban J connectivity index is 1.70. The molecule has 2 heterocycles. The molecule has 0 spiro atoms. The molecular formula is C24H30N2O8.